The van der Waals surface area contributed by atoms with Crippen LogP contribution in [-0.2, 0) is 17.8 Å². The van der Waals surface area contributed by atoms with Crippen LogP contribution >= 0.6 is 11.6 Å². The Kier molecular flexibility index (Phi) is 8.79. The van der Waals surface area contributed by atoms with Crippen molar-refractivity contribution in [2.45, 2.75) is 38.9 Å². The molecule has 0 bridgehead atoms. The molecule has 0 fully saturated rings. The average Bonchev–Trinajstić information content (AvgIpc) is 2.82. The lowest BCUT2D eigenvalue weighted by molar-refractivity contribution is -0.111. The van der Waals surface area contributed by atoms with E-state index in [2.05, 4.69) is 5.32 Å². The van der Waals surface area contributed by atoms with Crippen LogP contribution in [0.3, 0.4) is 0 Å². The van der Waals surface area contributed by atoms with Crippen molar-refractivity contribution in [1.82, 2.24) is 0 Å². The van der Waals surface area contributed by atoms with Crippen molar-refractivity contribution < 1.29 is 19.4 Å². The van der Waals surface area contributed by atoms with E-state index in [-0.39, 0.29) is 5.91 Å². The van der Waals surface area contributed by atoms with Crippen LogP contribution in [0.1, 0.15) is 37.0 Å². The first-order valence-corrected chi connectivity index (χ1v) is 11.7. The average molecular weight is 495 g/mol. The molecule has 7 heteroatoms. The van der Waals surface area contributed by atoms with Gasteiger partial charge < -0.3 is 25.6 Å². The highest BCUT2D eigenvalue weighted by molar-refractivity contribution is 6.30. The van der Waals surface area contributed by atoms with Crippen molar-refractivity contribution in [2.75, 3.05) is 18.2 Å². The zero-order valence-corrected chi connectivity index (χ0v) is 20.9. The number of methoxy groups -OCH3 is 1. The van der Waals surface area contributed by atoms with E-state index in [4.69, 9.17) is 26.8 Å². The highest BCUT2D eigenvalue weighted by Gasteiger charge is 2.19. The summed E-state index contributed by atoms with van der Waals surface area (Å²) in [6, 6.07) is 18.1. The minimum absolute atomic E-state index is 0.299. The fourth-order valence-corrected chi connectivity index (χ4v) is 3.60. The van der Waals surface area contributed by atoms with Gasteiger partial charge in [-0.2, -0.15) is 0 Å². The molecule has 0 aromatic heterocycles. The molecule has 0 heterocycles. The van der Waals surface area contributed by atoms with Crippen LogP contribution in [0.25, 0.3) is 6.08 Å². The van der Waals surface area contributed by atoms with Crippen molar-refractivity contribution in [3.8, 4) is 11.5 Å². The van der Waals surface area contributed by atoms with Gasteiger partial charge in [0.2, 0.25) is 5.91 Å². The molecule has 3 aromatic rings. The summed E-state index contributed by atoms with van der Waals surface area (Å²) in [7, 11) is 1.60. The summed E-state index contributed by atoms with van der Waals surface area (Å²) in [6.07, 6.45) is 4.15. The van der Waals surface area contributed by atoms with E-state index < -0.39 is 5.60 Å². The molecule has 4 N–H and O–H groups in total. The zero-order chi connectivity index (χ0) is 25.4. The Bertz CT molecular complexity index is 1180. The summed E-state index contributed by atoms with van der Waals surface area (Å²) >= 11 is 6.01. The number of nitrogens with two attached hydrogens (primary N) is 1. The van der Waals surface area contributed by atoms with Crippen LogP contribution in [0.5, 0.6) is 11.5 Å². The molecule has 0 radical (unpaired) electrons. The molecule has 0 saturated carbocycles. The van der Waals surface area contributed by atoms with E-state index in [1.807, 2.05) is 24.3 Å². The summed E-state index contributed by atoms with van der Waals surface area (Å²) in [6.45, 7) is 3.82. The van der Waals surface area contributed by atoms with Gasteiger partial charge >= 0.3 is 0 Å². The second-order valence-corrected chi connectivity index (χ2v) is 9.24. The van der Waals surface area contributed by atoms with Crippen LogP contribution in [0.2, 0.25) is 5.02 Å². The third-order valence-corrected chi connectivity index (χ3v) is 5.64. The van der Waals surface area contributed by atoms with Gasteiger partial charge in [0.15, 0.2) is 0 Å². The van der Waals surface area contributed by atoms with Crippen LogP contribution in [0.4, 0.5) is 11.4 Å². The van der Waals surface area contributed by atoms with Gasteiger partial charge in [0.1, 0.15) is 18.1 Å². The maximum absolute atomic E-state index is 12.6. The molecule has 184 valence electrons. The van der Waals surface area contributed by atoms with E-state index in [9.17, 15) is 9.90 Å². The molecule has 3 aromatic carbocycles. The Labute approximate surface area is 211 Å². The minimum atomic E-state index is -0.861. The van der Waals surface area contributed by atoms with Crippen molar-refractivity contribution in [1.29, 1.82) is 0 Å². The number of hydrogen-bond acceptors (Lipinski definition) is 5. The van der Waals surface area contributed by atoms with Crippen LogP contribution < -0.4 is 20.5 Å². The monoisotopic (exact) mass is 494 g/mol. The summed E-state index contributed by atoms with van der Waals surface area (Å²) in [5.74, 6) is 0.922. The molecule has 0 aliphatic carbocycles. The second-order valence-electron chi connectivity index (χ2n) is 8.80. The fourth-order valence-electron chi connectivity index (χ4n) is 3.48. The highest BCUT2D eigenvalue weighted by Crippen LogP contribution is 2.36. The number of carbonyl (C=O) groups is 1. The second kappa shape index (κ2) is 11.8. The van der Waals surface area contributed by atoms with Gasteiger partial charge in [-0.05, 0) is 74.7 Å². The Morgan fingerprint density at radius 1 is 1.11 bits per heavy atom. The number of carbonyl (C=O) groups excluding carboxylic acids is 1. The minimum Gasteiger partial charge on any atom is -0.496 e. The smallest absolute Gasteiger partial charge is 0.248 e. The lowest BCUT2D eigenvalue weighted by Gasteiger charge is -2.21. The van der Waals surface area contributed by atoms with Gasteiger partial charge in [-0.25, -0.2) is 0 Å². The molecule has 0 unspecified atom stereocenters. The molecule has 3 rings (SSSR count). The summed E-state index contributed by atoms with van der Waals surface area (Å²) < 4.78 is 11.9. The summed E-state index contributed by atoms with van der Waals surface area (Å²) in [5, 5.41) is 13.7. The number of rotatable bonds is 10. The molecule has 0 atom stereocenters. The topological polar surface area (TPSA) is 93.8 Å². The van der Waals surface area contributed by atoms with Gasteiger partial charge in [0, 0.05) is 22.2 Å². The number of benzene rings is 3. The van der Waals surface area contributed by atoms with Gasteiger partial charge in [-0.1, -0.05) is 35.9 Å². The number of nitrogens with one attached hydrogen (secondary N) is 1. The number of aliphatic hydroxyl groups is 1. The predicted molar refractivity (Wildman–Crippen MR) is 142 cm³/mol. The van der Waals surface area contributed by atoms with Crippen LogP contribution in [0.15, 0.2) is 66.7 Å². The maximum atomic E-state index is 12.6. The molecule has 0 aliphatic rings. The van der Waals surface area contributed by atoms with E-state index in [0.29, 0.717) is 52.9 Å². The standard InChI is InChI=1S/C28H31ClN2O4/c1-28(2,33)17-16-22-25(34-3)14-10-20(27(22)35-18-19-8-12-21(29)13-9-19)11-15-26(32)31-24-7-5-4-6-23(24)30/h4-15,33H,16-18,30H2,1-3H3,(H,31,32)/b15-11-. The fraction of sp³-hybridized carbons (Fsp3) is 0.250. The van der Waals surface area contributed by atoms with Crippen LogP contribution in [0, 0.1) is 0 Å². The van der Waals surface area contributed by atoms with Gasteiger partial charge in [0.05, 0.1) is 24.1 Å². The number of halogens is 1. The molecule has 0 aliphatic heterocycles. The first-order valence-electron chi connectivity index (χ1n) is 11.3. The van der Waals surface area contributed by atoms with Gasteiger partial charge in [0.25, 0.3) is 0 Å². The third kappa shape index (κ3) is 7.77. The third-order valence-electron chi connectivity index (χ3n) is 5.38. The SMILES string of the molecule is COc1ccc(/C=C\C(=O)Nc2ccccc2N)c(OCc2ccc(Cl)cc2)c1CCC(C)(C)O. The Morgan fingerprint density at radius 3 is 2.49 bits per heavy atom. The quantitative estimate of drug-likeness (QED) is 0.242. The number of anilines is 2. The molecule has 0 spiro atoms. The first-order chi connectivity index (χ1) is 16.7. The lowest BCUT2D eigenvalue weighted by Crippen LogP contribution is -2.19. The molecule has 35 heavy (non-hydrogen) atoms. The number of nitrogen functional groups attached to an aromatic ring is 1. The Hall–Kier alpha value is -3.48. The van der Waals surface area contributed by atoms with E-state index >= 15 is 0 Å². The van der Waals surface area contributed by atoms with Gasteiger partial charge in [-0.3, -0.25) is 4.79 Å². The van der Waals surface area contributed by atoms with Gasteiger partial charge in [-0.15, -0.1) is 0 Å². The normalized spacial score (nSPS) is 11.5. The molecule has 0 saturated heterocycles. The Balaban J connectivity index is 1.91. The van der Waals surface area contributed by atoms with Crippen molar-refractivity contribution in [3.05, 3.63) is 88.5 Å². The van der Waals surface area contributed by atoms with E-state index in [1.54, 1.807) is 63.4 Å². The lowest BCUT2D eigenvalue weighted by atomic mass is 9.96. The zero-order valence-electron chi connectivity index (χ0n) is 20.2. The predicted octanol–water partition coefficient (Wildman–Crippen LogP) is 5.87. The summed E-state index contributed by atoms with van der Waals surface area (Å²) in [5.41, 5.74) is 8.56. The molecular formula is C28H31ClN2O4. The Morgan fingerprint density at radius 2 is 1.83 bits per heavy atom. The number of amides is 1. The summed E-state index contributed by atoms with van der Waals surface area (Å²) in [4.78, 5) is 12.6. The first kappa shape index (κ1) is 26.1. The molecule has 1 amide bonds. The number of ether oxygens (including phenoxy) is 2. The largest absolute Gasteiger partial charge is 0.496 e. The number of para-hydroxylation sites is 2. The number of hydrogen-bond donors (Lipinski definition) is 3. The van der Waals surface area contributed by atoms with Crippen LogP contribution in [-0.4, -0.2) is 23.7 Å². The van der Waals surface area contributed by atoms with E-state index in [1.165, 1.54) is 6.08 Å². The van der Waals surface area contributed by atoms with E-state index in [0.717, 1.165) is 11.1 Å². The maximum Gasteiger partial charge on any atom is 0.248 e. The molecule has 6 nitrogen and oxygen atoms in total. The van der Waals surface area contributed by atoms with Crippen molar-refractivity contribution in [3.63, 3.8) is 0 Å². The van der Waals surface area contributed by atoms with Crippen molar-refractivity contribution >= 4 is 35.0 Å². The highest BCUT2D eigenvalue weighted by atomic mass is 35.5. The van der Waals surface area contributed by atoms with Crippen molar-refractivity contribution in [2.24, 2.45) is 0 Å². The molecular weight excluding hydrogens is 464 g/mol.